The summed E-state index contributed by atoms with van der Waals surface area (Å²) < 4.78 is 5.10. The van der Waals surface area contributed by atoms with Gasteiger partial charge in [0.05, 0.1) is 12.5 Å². The van der Waals surface area contributed by atoms with E-state index in [1.165, 1.54) is 11.3 Å². The first-order valence-corrected chi connectivity index (χ1v) is 5.44. The largest absolute Gasteiger partial charge is 0.497 e. The number of methoxy groups -OCH3 is 1. The third-order valence-electron chi connectivity index (χ3n) is 2.13. The van der Waals surface area contributed by atoms with E-state index >= 15 is 0 Å². The van der Waals surface area contributed by atoms with Crippen molar-refractivity contribution in [3.8, 4) is 5.75 Å². The zero-order chi connectivity index (χ0) is 9.10. The molecule has 1 heterocycles. The number of benzene rings is 1. The van der Waals surface area contributed by atoms with Gasteiger partial charge in [0.25, 0.3) is 0 Å². The van der Waals surface area contributed by atoms with Crippen LogP contribution in [-0.2, 0) is 0 Å². The molecule has 2 nitrogen and oxygen atoms in total. The first-order valence-electron chi connectivity index (χ1n) is 4.39. The van der Waals surface area contributed by atoms with Crippen LogP contribution in [0.25, 0.3) is 0 Å². The van der Waals surface area contributed by atoms with Crippen molar-refractivity contribution in [2.75, 3.05) is 19.4 Å². The quantitative estimate of drug-likeness (QED) is 0.780. The Morgan fingerprint density at radius 2 is 2.15 bits per heavy atom. The zero-order valence-electron chi connectivity index (χ0n) is 7.62. The van der Waals surface area contributed by atoms with Gasteiger partial charge in [-0.3, -0.25) is 0 Å². The number of hydrogen-bond donors (Lipinski definition) is 1. The minimum absolute atomic E-state index is 0.478. The van der Waals surface area contributed by atoms with Crippen LogP contribution in [0.5, 0.6) is 5.75 Å². The Kier molecular flexibility index (Phi) is 2.76. The molecule has 1 aromatic carbocycles. The first kappa shape index (κ1) is 8.91. The average molecular weight is 195 g/mol. The molecule has 0 amide bonds. The van der Waals surface area contributed by atoms with Crippen LogP contribution in [0.4, 0.5) is 0 Å². The van der Waals surface area contributed by atoms with Crippen LogP contribution in [0.3, 0.4) is 0 Å². The number of nitrogens with one attached hydrogen (secondary N) is 1. The van der Waals surface area contributed by atoms with Crippen LogP contribution >= 0.6 is 11.8 Å². The predicted molar refractivity (Wildman–Crippen MR) is 56.2 cm³/mol. The van der Waals surface area contributed by atoms with Crippen molar-refractivity contribution in [1.29, 1.82) is 0 Å². The van der Waals surface area contributed by atoms with Crippen LogP contribution in [0, 0.1) is 0 Å². The van der Waals surface area contributed by atoms with Crippen molar-refractivity contribution in [2.24, 2.45) is 0 Å². The Labute approximate surface area is 82.7 Å². The minimum Gasteiger partial charge on any atom is -0.497 e. The van der Waals surface area contributed by atoms with Gasteiger partial charge in [0.2, 0.25) is 0 Å². The van der Waals surface area contributed by atoms with E-state index in [9.17, 15) is 0 Å². The Hall–Kier alpha value is -0.670. The van der Waals surface area contributed by atoms with E-state index in [2.05, 4.69) is 17.4 Å². The monoisotopic (exact) mass is 195 g/mol. The fourth-order valence-corrected chi connectivity index (χ4v) is 2.48. The Morgan fingerprint density at radius 1 is 1.38 bits per heavy atom. The van der Waals surface area contributed by atoms with Gasteiger partial charge in [-0.15, -0.1) is 11.8 Å². The Bertz CT molecular complexity index is 267. The summed E-state index contributed by atoms with van der Waals surface area (Å²) in [5, 5.41) is 3.91. The number of rotatable bonds is 2. The molecule has 1 atom stereocenters. The number of thioether (sulfide) groups is 1. The molecular weight excluding hydrogens is 182 g/mol. The van der Waals surface area contributed by atoms with Crippen LogP contribution in [0.2, 0.25) is 0 Å². The van der Waals surface area contributed by atoms with E-state index in [1.807, 2.05) is 23.9 Å². The van der Waals surface area contributed by atoms with Gasteiger partial charge in [0.15, 0.2) is 0 Å². The summed E-state index contributed by atoms with van der Waals surface area (Å²) in [6, 6.07) is 8.26. The fraction of sp³-hybridized carbons (Fsp3) is 0.400. The highest BCUT2D eigenvalue weighted by Gasteiger charge is 2.15. The Morgan fingerprint density at radius 3 is 2.69 bits per heavy atom. The van der Waals surface area contributed by atoms with Crippen molar-refractivity contribution in [2.45, 2.75) is 5.37 Å². The molecule has 1 unspecified atom stereocenters. The van der Waals surface area contributed by atoms with E-state index in [0.717, 1.165) is 12.3 Å². The Balaban J connectivity index is 2.12. The summed E-state index contributed by atoms with van der Waals surface area (Å²) in [6.07, 6.45) is 0. The van der Waals surface area contributed by atoms with Gasteiger partial charge in [-0.1, -0.05) is 12.1 Å². The summed E-state index contributed by atoms with van der Waals surface area (Å²) in [5.41, 5.74) is 1.34. The van der Waals surface area contributed by atoms with Crippen LogP contribution in [0.15, 0.2) is 24.3 Å². The lowest BCUT2D eigenvalue weighted by molar-refractivity contribution is 0.414. The van der Waals surface area contributed by atoms with E-state index < -0.39 is 0 Å². The molecular formula is C10H13NOS. The van der Waals surface area contributed by atoms with Gasteiger partial charge < -0.3 is 10.1 Å². The summed E-state index contributed by atoms with van der Waals surface area (Å²) >= 11 is 1.96. The lowest BCUT2D eigenvalue weighted by Crippen LogP contribution is -2.11. The van der Waals surface area contributed by atoms with Gasteiger partial charge >= 0.3 is 0 Å². The highest BCUT2D eigenvalue weighted by molar-refractivity contribution is 7.99. The molecule has 1 saturated heterocycles. The van der Waals surface area contributed by atoms with E-state index in [1.54, 1.807) is 7.11 Å². The molecule has 1 aliphatic heterocycles. The van der Waals surface area contributed by atoms with Crippen molar-refractivity contribution in [3.05, 3.63) is 29.8 Å². The number of hydrogen-bond acceptors (Lipinski definition) is 3. The smallest absolute Gasteiger partial charge is 0.118 e. The zero-order valence-corrected chi connectivity index (χ0v) is 8.43. The molecule has 0 radical (unpaired) electrons. The normalized spacial score (nSPS) is 21.8. The maximum absolute atomic E-state index is 5.10. The van der Waals surface area contributed by atoms with Crippen molar-refractivity contribution in [1.82, 2.24) is 5.32 Å². The van der Waals surface area contributed by atoms with Gasteiger partial charge in [0.1, 0.15) is 5.75 Å². The molecule has 1 fully saturated rings. The average Bonchev–Trinajstić information content (AvgIpc) is 2.71. The molecule has 3 heteroatoms. The molecule has 1 aromatic rings. The molecule has 2 rings (SSSR count). The van der Waals surface area contributed by atoms with Gasteiger partial charge in [-0.2, -0.15) is 0 Å². The third kappa shape index (κ3) is 1.98. The molecule has 0 spiro atoms. The van der Waals surface area contributed by atoms with Gasteiger partial charge in [-0.25, -0.2) is 0 Å². The number of ether oxygens (including phenoxy) is 1. The lowest BCUT2D eigenvalue weighted by atomic mass is 10.2. The van der Waals surface area contributed by atoms with E-state index in [-0.39, 0.29) is 0 Å². The molecule has 0 aromatic heterocycles. The summed E-state index contributed by atoms with van der Waals surface area (Å²) in [6.45, 7) is 1.11. The molecule has 1 N–H and O–H groups in total. The predicted octanol–water partition coefficient (Wildman–Crippen LogP) is 2.03. The van der Waals surface area contributed by atoms with E-state index in [0.29, 0.717) is 5.37 Å². The molecule has 70 valence electrons. The van der Waals surface area contributed by atoms with E-state index in [4.69, 9.17) is 4.74 Å². The molecule has 0 aliphatic carbocycles. The second kappa shape index (κ2) is 4.03. The molecule has 0 saturated carbocycles. The maximum atomic E-state index is 5.10. The fourth-order valence-electron chi connectivity index (χ4n) is 1.42. The van der Waals surface area contributed by atoms with Crippen LogP contribution < -0.4 is 10.1 Å². The van der Waals surface area contributed by atoms with Crippen molar-refractivity contribution >= 4 is 11.8 Å². The second-order valence-corrected chi connectivity index (χ2v) is 4.19. The lowest BCUT2D eigenvalue weighted by Gasteiger charge is -2.09. The van der Waals surface area contributed by atoms with Crippen molar-refractivity contribution < 1.29 is 4.74 Å². The first-order chi connectivity index (χ1) is 6.40. The van der Waals surface area contributed by atoms with Crippen LogP contribution in [-0.4, -0.2) is 19.4 Å². The van der Waals surface area contributed by atoms with Gasteiger partial charge in [-0.05, 0) is 17.7 Å². The second-order valence-electron chi connectivity index (χ2n) is 2.98. The highest BCUT2D eigenvalue weighted by Crippen LogP contribution is 2.30. The summed E-state index contributed by atoms with van der Waals surface area (Å²) in [7, 11) is 1.69. The molecule has 1 aliphatic rings. The summed E-state index contributed by atoms with van der Waals surface area (Å²) in [5.74, 6) is 2.13. The SMILES string of the molecule is COc1ccc(C2NCCS2)cc1. The maximum Gasteiger partial charge on any atom is 0.118 e. The standard InChI is InChI=1S/C10H13NOS/c1-12-9-4-2-8(3-5-9)10-11-6-7-13-10/h2-5,10-11H,6-7H2,1H3. The molecule has 13 heavy (non-hydrogen) atoms. The summed E-state index contributed by atoms with van der Waals surface area (Å²) in [4.78, 5) is 0. The van der Waals surface area contributed by atoms with Gasteiger partial charge in [0, 0.05) is 12.3 Å². The minimum atomic E-state index is 0.478. The highest BCUT2D eigenvalue weighted by atomic mass is 32.2. The topological polar surface area (TPSA) is 21.3 Å². The molecule has 0 bridgehead atoms. The third-order valence-corrected chi connectivity index (χ3v) is 3.35. The van der Waals surface area contributed by atoms with Crippen LogP contribution in [0.1, 0.15) is 10.9 Å². The van der Waals surface area contributed by atoms with Crippen molar-refractivity contribution in [3.63, 3.8) is 0 Å².